The van der Waals surface area contributed by atoms with E-state index >= 15 is 0 Å². The van der Waals surface area contributed by atoms with Crippen LogP contribution in [-0.2, 0) is 6.42 Å². The molecule has 0 aliphatic carbocycles. The van der Waals surface area contributed by atoms with Crippen molar-refractivity contribution in [2.24, 2.45) is 5.73 Å². The van der Waals surface area contributed by atoms with Crippen LogP contribution < -0.4 is 15.8 Å². The SMILES string of the molecule is CC(O)C(N)CNC(=O)c1ccc2c(c1)CCO2. The van der Waals surface area contributed by atoms with Crippen molar-refractivity contribution in [3.05, 3.63) is 29.3 Å². The number of rotatable bonds is 4. The molecule has 5 heteroatoms. The first-order chi connectivity index (χ1) is 8.58. The lowest BCUT2D eigenvalue weighted by molar-refractivity contribution is 0.0937. The highest BCUT2D eigenvalue weighted by Gasteiger charge is 2.16. The van der Waals surface area contributed by atoms with Crippen LogP contribution in [0.25, 0.3) is 0 Å². The molecule has 0 fully saturated rings. The first-order valence-corrected chi connectivity index (χ1v) is 6.05. The van der Waals surface area contributed by atoms with Crippen LogP contribution in [-0.4, -0.2) is 36.3 Å². The van der Waals surface area contributed by atoms with E-state index in [9.17, 15) is 9.90 Å². The zero-order valence-electron chi connectivity index (χ0n) is 10.3. The topological polar surface area (TPSA) is 84.6 Å². The average molecular weight is 250 g/mol. The predicted octanol–water partition coefficient (Wildman–Crippen LogP) is 0.0594. The zero-order valence-corrected chi connectivity index (χ0v) is 10.3. The van der Waals surface area contributed by atoms with Gasteiger partial charge in [0.25, 0.3) is 5.91 Å². The molecule has 1 amide bonds. The molecular weight excluding hydrogens is 232 g/mol. The van der Waals surface area contributed by atoms with Crippen LogP contribution in [0.15, 0.2) is 18.2 Å². The molecule has 0 bridgehead atoms. The third kappa shape index (κ3) is 2.80. The third-order valence-electron chi connectivity index (χ3n) is 3.07. The van der Waals surface area contributed by atoms with Crippen LogP contribution in [0.3, 0.4) is 0 Å². The van der Waals surface area contributed by atoms with E-state index in [4.69, 9.17) is 10.5 Å². The van der Waals surface area contributed by atoms with Crippen molar-refractivity contribution < 1.29 is 14.6 Å². The summed E-state index contributed by atoms with van der Waals surface area (Å²) < 4.78 is 5.38. The highest BCUT2D eigenvalue weighted by atomic mass is 16.5. The number of benzene rings is 1. The molecule has 1 aromatic carbocycles. The van der Waals surface area contributed by atoms with Gasteiger partial charge in [-0.15, -0.1) is 0 Å². The van der Waals surface area contributed by atoms with Gasteiger partial charge in [0, 0.05) is 24.6 Å². The maximum atomic E-state index is 11.9. The smallest absolute Gasteiger partial charge is 0.251 e. The van der Waals surface area contributed by atoms with Crippen molar-refractivity contribution in [2.75, 3.05) is 13.2 Å². The van der Waals surface area contributed by atoms with Crippen molar-refractivity contribution in [3.8, 4) is 5.75 Å². The molecular formula is C13H18N2O3. The number of amides is 1. The van der Waals surface area contributed by atoms with Crippen molar-refractivity contribution in [1.29, 1.82) is 0 Å². The summed E-state index contributed by atoms with van der Waals surface area (Å²) in [6.07, 6.45) is 0.197. The van der Waals surface area contributed by atoms with Crippen molar-refractivity contribution in [1.82, 2.24) is 5.32 Å². The lowest BCUT2D eigenvalue weighted by Gasteiger charge is -2.15. The molecule has 0 saturated carbocycles. The Morgan fingerprint density at radius 3 is 3.11 bits per heavy atom. The van der Waals surface area contributed by atoms with E-state index in [-0.39, 0.29) is 12.5 Å². The van der Waals surface area contributed by atoms with Gasteiger partial charge in [-0.05, 0) is 30.7 Å². The number of hydrogen-bond donors (Lipinski definition) is 3. The molecule has 0 spiro atoms. The Hall–Kier alpha value is -1.59. The van der Waals surface area contributed by atoms with E-state index < -0.39 is 12.1 Å². The summed E-state index contributed by atoms with van der Waals surface area (Å²) in [4.78, 5) is 11.9. The second-order valence-corrected chi connectivity index (χ2v) is 4.54. The molecule has 1 aliphatic rings. The normalized spacial score (nSPS) is 16.6. The maximum absolute atomic E-state index is 11.9. The number of hydrogen-bond acceptors (Lipinski definition) is 4. The standard InChI is InChI=1S/C13H18N2O3/c1-8(16)11(14)7-15-13(17)10-2-3-12-9(6-10)4-5-18-12/h2-3,6,8,11,16H,4-5,7,14H2,1H3,(H,15,17). The monoisotopic (exact) mass is 250 g/mol. The summed E-state index contributed by atoms with van der Waals surface area (Å²) in [5, 5.41) is 11.9. The molecule has 2 unspecified atom stereocenters. The van der Waals surface area contributed by atoms with Crippen LogP contribution in [0.5, 0.6) is 5.75 Å². The fourth-order valence-corrected chi connectivity index (χ4v) is 1.81. The average Bonchev–Trinajstić information content (AvgIpc) is 2.82. The number of nitrogens with two attached hydrogens (primary N) is 1. The van der Waals surface area contributed by atoms with Gasteiger partial charge in [0.05, 0.1) is 12.7 Å². The predicted molar refractivity (Wildman–Crippen MR) is 67.6 cm³/mol. The molecule has 1 aliphatic heterocycles. The maximum Gasteiger partial charge on any atom is 0.251 e. The third-order valence-corrected chi connectivity index (χ3v) is 3.07. The van der Waals surface area contributed by atoms with Gasteiger partial charge in [-0.2, -0.15) is 0 Å². The van der Waals surface area contributed by atoms with Gasteiger partial charge < -0.3 is 20.9 Å². The molecule has 4 N–H and O–H groups in total. The van der Waals surface area contributed by atoms with Crippen LogP contribution in [0, 0.1) is 0 Å². The molecule has 98 valence electrons. The Balaban J connectivity index is 1.97. The largest absolute Gasteiger partial charge is 0.493 e. The van der Waals surface area contributed by atoms with E-state index in [0.29, 0.717) is 12.2 Å². The van der Waals surface area contributed by atoms with E-state index in [1.54, 1.807) is 13.0 Å². The Labute approximate surface area is 106 Å². The first-order valence-electron chi connectivity index (χ1n) is 6.05. The van der Waals surface area contributed by atoms with E-state index in [2.05, 4.69) is 5.32 Å². The van der Waals surface area contributed by atoms with Crippen LogP contribution in [0.2, 0.25) is 0 Å². The summed E-state index contributed by atoms with van der Waals surface area (Å²) in [5.41, 5.74) is 7.30. The Morgan fingerprint density at radius 2 is 2.39 bits per heavy atom. The summed E-state index contributed by atoms with van der Waals surface area (Å²) in [6, 6.07) is 4.93. The first kappa shape index (κ1) is 12.9. The second-order valence-electron chi connectivity index (χ2n) is 4.54. The van der Waals surface area contributed by atoms with Gasteiger partial charge >= 0.3 is 0 Å². The van der Waals surface area contributed by atoms with Crippen molar-refractivity contribution >= 4 is 5.91 Å². The Morgan fingerprint density at radius 1 is 1.61 bits per heavy atom. The van der Waals surface area contributed by atoms with Gasteiger partial charge in [-0.3, -0.25) is 4.79 Å². The molecule has 1 aromatic rings. The summed E-state index contributed by atoms with van der Waals surface area (Å²) in [6.45, 7) is 2.53. The number of fused-ring (bicyclic) bond motifs is 1. The lowest BCUT2D eigenvalue weighted by atomic mass is 10.1. The Kier molecular flexibility index (Phi) is 3.84. The number of aliphatic hydroxyl groups excluding tert-OH is 1. The lowest BCUT2D eigenvalue weighted by Crippen LogP contribution is -2.43. The van der Waals surface area contributed by atoms with Crippen molar-refractivity contribution in [2.45, 2.75) is 25.5 Å². The number of aliphatic hydroxyl groups is 1. The minimum Gasteiger partial charge on any atom is -0.493 e. The van der Waals surface area contributed by atoms with Crippen molar-refractivity contribution in [3.63, 3.8) is 0 Å². The Bertz CT molecular complexity index is 446. The molecule has 1 heterocycles. The molecule has 2 rings (SSSR count). The summed E-state index contributed by atoms with van der Waals surface area (Å²) >= 11 is 0. The molecule has 2 atom stereocenters. The van der Waals surface area contributed by atoms with Gasteiger partial charge in [0.1, 0.15) is 5.75 Å². The van der Waals surface area contributed by atoms with Crippen LogP contribution in [0.4, 0.5) is 0 Å². The molecule has 0 aromatic heterocycles. The molecule has 0 radical (unpaired) electrons. The van der Waals surface area contributed by atoms with Gasteiger partial charge in [-0.1, -0.05) is 0 Å². The van der Waals surface area contributed by atoms with E-state index in [0.717, 1.165) is 17.7 Å². The fourth-order valence-electron chi connectivity index (χ4n) is 1.81. The summed E-state index contributed by atoms with van der Waals surface area (Å²) in [7, 11) is 0. The van der Waals surface area contributed by atoms with E-state index in [1.807, 2.05) is 12.1 Å². The molecule has 0 saturated heterocycles. The molecule has 5 nitrogen and oxygen atoms in total. The highest BCUT2D eigenvalue weighted by Crippen LogP contribution is 2.25. The van der Waals surface area contributed by atoms with Gasteiger partial charge in [-0.25, -0.2) is 0 Å². The number of nitrogens with one attached hydrogen (secondary N) is 1. The minimum atomic E-state index is -0.640. The number of carbonyl (C=O) groups excluding carboxylic acids is 1. The second kappa shape index (κ2) is 5.37. The quantitative estimate of drug-likeness (QED) is 0.705. The number of carbonyl (C=O) groups is 1. The summed E-state index contributed by atoms with van der Waals surface area (Å²) in [5.74, 6) is 0.674. The van der Waals surface area contributed by atoms with Crippen LogP contribution in [0.1, 0.15) is 22.8 Å². The van der Waals surface area contributed by atoms with E-state index in [1.165, 1.54) is 0 Å². The molecule has 18 heavy (non-hydrogen) atoms. The number of ether oxygens (including phenoxy) is 1. The zero-order chi connectivity index (χ0) is 13.1. The van der Waals surface area contributed by atoms with Crippen LogP contribution >= 0.6 is 0 Å². The van der Waals surface area contributed by atoms with Gasteiger partial charge in [0.15, 0.2) is 0 Å². The highest BCUT2D eigenvalue weighted by molar-refractivity contribution is 5.94. The van der Waals surface area contributed by atoms with Gasteiger partial charge in [0.2, 0.25) is 0 Å². The minimum absolute atomic E-state index is 0.180. The fraction of sp³-hybridized carbons (Fsp3) is 0.462.